The van der Waals surface area contributed by atoms with E-state index in [1.807, 2.05) is 42.6 Å². The Bertz CT molecular complexity index is 1150. The van der Waals surface area contributed by atoms with Gasteiger partial charge >= 0.3 is 0 Å². The largest absolute Gasteiger partial charge is 0.497 e. The van der Waals surface area contributed by atoms with Crippen LogP contribution in [0.25, 0.3) is 17.1 Å². The Balaban J connectivity index is 1.62. The summed E-state index contributed by atoms with van der Waals surface area (Å²) >= 11 is 1.64. The number of aryl methyl sites for hydroxylation is 2. The zero-order valence-electron chi connectivity index (χ0n) is 19.2. The fourth-order valence-electron chi connectivity index (χ4n) is 3.71. The molecule has 4 rings (SSSR count). The average Bonchev–Trinajstić information content (AvgIpc) is 3.30. The molecule has 0 radical (unpaired) electrons. The lowest BCUT2D eigenvalue weighted by molar-refractivity contribution is 0.342. The Morgan fingerprint density at radius 2 is 1.61 bits per heavy atom. The summed E-state index contributed by atoms with van der Waals surface area (Å²) in [5, 5.41) is 9.98. The summed E-state index contributed by atoms with van der Waals surface area (Å²) in [4.78, 5) is 4.29. The third kappa shape index (κ3) is 5.20. The van der Waals surface area contributed by atoms with Crippen LogP contribution in [-0.2, 0) is 12.8 Å². The lowest BCUT2D eigenvalue weighted by Crippen LogP contribution is -2.08. The van der Waals surface area contributed by atoms with Crippen molar-refractivity contribution in [3.05, 3.63) is 78.1 Å². The lowest BCUT2D eigenvalue weighted by atomic mass is 10.0. The minimum atomic E-state index is 0.558. The molecule has 2 aromatic heterocycles. The number of aromatic nitrogens is 4. The van der Waals surface area contributed by atoms with E-state index in [-0.39, 0.29) is 0 Å². The maximum absolute atomic E-state index is 5.91. The highest BCUT2D eigenvalue weighted by molar-refractivity contribution is 7.99. The third-order valence-corrected chi connectivity index (χ3v) is 6.28. The van der Waals surface area contributed by atoms with Gasteiger partial charge in [0.15, 0.2) is 11.0 Å². The van der Waals surface area contributed by atoms with E-state index in [0.717, 1.165) is 46.6 Å². The topological polar surface area (TPSA) is 62.1 Å². The van der Waals surface area contributed by atoms with E-state index in [0.29, 0.717) is 6.61 Å². The molecule has 0 aliphatic rings. The molecule has 7 heteroatoms. The Kier molecular flexibility index (Phi) is 7.62. The highest BCUT2D eigenvalue weighted by Gasteiger charge is 2.20. The molecule has 0 aliphatic heterocycles. The first-order valence-electron chi connectivity index (χ1n) is 11.1. The Hall–Kier alpha value is -3.32. The molecule has 0 atom stereocenters. The number of nitrogens with zero attached hydrogens (tertiary/aromatic N) is 4. The van der Waals surface area contributed by atoms with E-state index in [2.05, 4.69) is 51.8 Å². The van der Waals surface area contributed by atoms with Crippen molar-refractivity contribution >= 4 is 11.8 Å². The number of hydrogen-bond donors (Lipinski definition) is 0. The zero-order chi connectivity index (χ0) is 23.0. The van der Waals surface area contributed by atoms with E-state index < -0.39 is 0 Å². The average molecular weight is 461 g/mol. The summed E-state index contributed by atoms with van der Waals surface area (Å²) in [7, 11) is 1.66. The van der Waals surface area contributed by atoms with Gasteiger partial charge in [-0.15, -0.1) is 10.2 Å². The van der Waals surface area contributed by atoms with E-state index in [9.17, 15) is 0 Å². The SMILES string of the molecule is CCc1cccc(CC)c1-n1c(SCCOc2ccc(OC)cc2)nnc1-c1cccnc1. The van der Waals surface area contributed by atoms with Gasteiger partial charge in [0, 0.05) is 23.7 Å². The van der Waals surface area contributed by atoms with Gasteiger partial charge in [-0.2, -0.15) is 0 Å². The molecule has 0 fully saturated rings. The molecule has 0 spiro atoms. The smallest absolute Gasteiger partial charge is 0.196 e. The summed E-state index contributed by atoms with van der Waals surface area (Å²) < 4.78 is 13.3. The standard InChI is InChI=1S/C26H28N4O2S/c1-4-19-8-6-9-20(5-2)24(19)30-25(21-10-7-15-27-18-21)28-29-26(30)33-17-16-32-23-13-11-22(31-3)12-14-23/h6-15,18H,4-5,16-17H2,1-3H3. The molecule has 4 aromatic rings. The van der Waals surface area contributed by atoms with E-state index >= 15 is 0 Å². The van der Waals surface area contributed by atoms with E-state index in [1.165, 1.54) is 16.8 Å². The molecule has 0 unspecified atom stereocenters. The molecule has 0 saturated carbocycles. The second kappa shape index (κ2) is 11.0. The normalized spacial score (nSPS) is 10.9. The van der Waals surface area contributed by atoms with Crippen LogP contribution in [0.3, 0.4) is 0 Å². The van der Waals surface area contributed by atoms with Gasteiger partial charge in [-0.3, -0.25) is 9.55 Å². The molecule has 170 valence electrons. The fourth-order valence-corrected chi connectivity index (χ4v) is 4.47. The van der Waals surface area contributed by atoms with Crippen molar-refractivity contribution in [1.82, 2.24) is 19.7 Å². The maximum atomic E-state index is 5.91. The van der Waals surface area contributed by atoms with Crippen molar-refractivity contribution in [3.63, 3.8) is 0 Å². The van der Waals surface area contributed by atoms with Gasteiger partial charge in [0.1, 0.15) is 11.5 Å². The van der Waals surface area contributed by atoms with E-state index in [4.69, 9.17) is 9.47 Å². The quantitative estimate of drug-likeness (QED) is 0.226. The van der Waals surface area contributed by atoms with Crippen molar-refractivity contribution < 1.29 is 9.47 Å². The van der Waals surface area contributed by atoms with Crippen molar-refractivity contribution in [2.24, 2.45) is 0 Å². The molecule has 2 heterocycles. The van der Waals surface area contributed by atoms with Crippen molar-refractivity contribution in [3.8, 4) is 28.6 Å². The number of methoxy groups -OCH3 is 1. The minimum absolute atomic E-state index is 0.558. The van der Waals surface area contributed by atoms with Crippen LogP contribution < -0.4 is 9.47 Å². The molecule has 0 bridgehead atoms. The highest BCUT2D eigenvalue weighted by atomic mass is 32.2. The second-order valence-electron chi connectivity index (χ2n) is 7.39. The molecular weight excluding hydrogens is 432 g/mol. The number of hydrogen-bond acceptors (Lipinski definition) is 6. The summed E-state index contributed by atoms with van der Waals surface area (Å²) in [6.07, 6.45) is 5.47. The van der Waals surface area contributed by atoms with Crippen LogP contribution >= 0.6 is 11.8 Å². The van der Waals surface area contributed by atoms with Crippen LogP contribution in [0.15, 0.2) is 72.1 Å². The molecule has 6 nitrogen and oxygen atoms in total. The van der Waals surface area contributed by atoms with Gasteiger partial charge in [-0.1, -0.05) is 43.8 Å². The Morgan fingerprint density at radius 3 is 2.24 bits per heavy atom. The Labute approximate surface area is 199 Å². The summed E-state index contributed by atoms with van der Waals surface area (Å²) in [6, 6.07) is 18.1. The molecular formula is C26H28N4O2S. The first-order chi connectivity index (χ1) is 16.2. The van der Waals surface area contributed by atoms with Crippen LogP contribution in [0.4, 0.5) is 0 Å². The van der Waals surface area contributed by atoms with Crippen molar-refractivity contribution in [1.29, 1.82) is 0 Å². The van der Waals surface area contributed by atoms with Crippen LogP contribution in [0.1, 0.15) is 25.0 Å². The van der Waals surface area contributed by atoms with Crippen molar-refractivity contribution in [2.45, 2.75) is 31.8 Å². The summed E-state index contributed by atoms with van der Waals surface area (Å²) in [6.45, 7) is 4.92. The predicted octanol–water partition coefficient (Wildman–Crippen LogP) is 5.63. The van der Waals surface area contributed by atoms with Crippen LogP contribution in [0.2, 0.25) is 0 Å². The number of thioether (sulfide) groups is 1. The van der Waals surface area contributed by atoms with Gasteiger partial charge in [-0.25, -0.2) is 0 Å². The molecule has 0 amide bonds. The molecule has 0 N–H and O–H groups in total. The number of benzene rings is 2. The molecule has 33 heavy (non-hydrogen) atoms. The van der Waals surface area contributed by atoms with Gasteiger partial charge in [0.25, 0.3) is 0 Å². The monoisotopic (exact) mass is 460 g/mol. The summed E-state index contributed by atoms with van der Waals surface area (Å²) in [5.41, 5.74) is 4.66. The third-order valence-electron chi connectivity index (χ3n) is 5.38. The van der Waals surface area contributed by atoms with E-state index in [1.54, 1.807) is 25.1 Å². The number of ether oxygens (including phenoxy) is 2. The Morgan fingerprint density at radius 1 is 0.879 bits per heavy atom. The summed E-state index contributed by atoms with van der Waals surface area (Å²) in [5.74, 6) is 3.18. The second-order valence-corrected chi connectivity index (χ2v) is 8.45. The van der Waals surface area contributed by atoms with Crippen LogP contribution in [-0.4, -0.2) is 39.2 Å². The number of pyridine rings is 1. The van der Waals surface area contributed by atoms with Crippen molar-refractivity contribution in [2.75, 3.05) is 19.5 Å². The molecule has 2 aromatic carbocycles. The van der Waals surface area contributed by atoms with Gasteiger partial charge in [0.05, 0.1) is 19.4 Å². The lowest BCUT2D eigenvalue weighted by Gasteiger charge is -2.18. The molecule has 0 aliphatic carbocycles. The predicted molar refractivity (Wildman–Crippen MR) is 133 cm³/mol. The number of para-hydroxylation sites is 1. The van der Waals surface area contributed by atoms with Gasteiger partial charge < -0.3 is 9.47 Å². The van der Waals surface area contributed by atoms with Gasteiger partial charge in [0.2, 0.25) is 0 Å². The highest BCUT2D eigenvalue weighted by Crippen LogP contribution is 2.32. The zero-order valence-corrected chi connectivity index (χ0v) is 20.0. The maximum Gasteiger partial charge on any atom is 0.196 e. The number of rotatable bonds is 10. The first kappa shape index (κ1) is 22.9. The molecule has 0 saturated heterocycles. The van der Waals surface area contributed by atoms with Crippen LogP contribution in [0, 0.1) is 0 Å². The first-order valence-corrected chi connectivity index (χ1v) is 12.1. The van der Waals surface area contributed by atoms with Crippen LogP contribution in [0.5, 0.6) is 11.5 Å². The fraction of sp³-hybridized carbons (Fsp3) is 0.269. The van der Waals surface area contributed by atoms with Gasteiger partial charge in [-0.05, 0) is 60.4 Å². The minimum Gasteiger partial charge on any atom is -0.497 e.